The van der Waals surface area contributed by atoms with E-state index in [1.54, 1.807) is 0 Å². The van der Waals surface area contributed by atoms with Gasteiger partial charge in [0.25, 0.3) is 0 Å². The molecule has 1 aliphatic rings. The summed E-state index contributed by atoms with van der Waals surface area (Å²) in [4.78, 5) is 1.50. The van der Waals surface area contributed by atoms with E-state index in [-0.39, 0.29) is 0 Å². The summed E-state index contributed by atoms with van der Waals surface area (Å²) in [5.74, 6) is 0.678. The summed E-state index contributed by atoms with van der Waals surface area (Å²) in [5, 5.41) is 6.10. The maximum absolute atomic E-state index is 3.91. The zero-order chi connectivity index (χ0) is 12.1. The molecule has 1 atom stereocenters. The molecular formula is C15H25NS. The average Bonchev–Trinajstić information content (AvgIpc) is 2.70. The van der Waals surface area contributed by atoms with Crippen LogP contribution in [0.1, 0.15) is 63.3 Å². The van der Waals surface area contributed by atoms with Crippen LogP contribution in [0.4, 0.5) is 0 Å². The van der Waals surface area contributed by atoms with E-state index in [9.17, 15) is 0 Å². The lowest BCUT2D eigenvalue weighted by molar-refractivity contribution is 0.341. The first kappa shape index (κ1) is 13.1. The predicted octanol–water partition coefficient (Wildman–Crippen LogP) is 4.76. The van der Waals surface area contributed by atoms with Crippen molar-refractivity contribution in [2.75, 3.05) is 0 Å². The van der Waals surface area contributed by atoms with Crippen molar-refractivity contribution in [3.8, 4) is 0 Å². The zero-order valence-electron chi connectivity index (χ0n) is 11.1. The average molecular weight is 251 g/mol. The van der Waals surface area contributed by atoms with E-state index in [1.165, 1.54) is 43.4 Å². The van der Waals surface area contributed by atoms with E-state index < -0.39 is 0 Å². The molecule has 2 rings (SSSR count). The second kappa shape index (κ2) is 6.55. The Morgan fingerprint density at radius 3 is 2.41 bits per heavy atom. The van der Waals surface area contributed by atoms with Crippen molar-refractivity contribution in [3.05, 3.63) is 22.4 Å². The van der Waals surface area contributed by atoms with Gasteiger partial charge in [-0.1, -0.05) is 45.6 Å². The van der Waals surface area contributed by atoms with Crippen molar-refractivity contribution in [2.24, 2.45) is 5.92 Å². The van der Waals surface area contributed by atoms with E-state index in [4.69, 9.17) is 0 Å². The third kappa shape index (κ3) is 3.82. The Hall–Kier alpha value is -0.340. The number of hydrogen-bond acceptors (Lipinski definition) is 2. The lowest BCUT2D eigenvalue weighted by atomic mass is 9.99. The van der Waals surface area contributed by atoms with E-state index in [2.05, 4.69) is 36.7 Å². The third-order valence-electron chi connectivity index (χ3n) is 3.79. The SMILES string of the molecule is CC(C)C(NC1CCCCCC1)c1cccs1. The lowest BCUT2D eigenvalue weighted by Gasteiger charge is -2.27. The van der Waals surface area contributed by atoms with Gasteiger partial charge in [0.2, 0.25) is 0 Å². The van der Waals surface area contributed by atoms with Gasteiger partial charge >= 0.3 is 0 Å². The van der Waals surface area contributed by atoms with Gasteiger partial charge in [-0.15, -0.1) is 11.3 Å². The van der Waals surface area contributed by atoms with Crippen molar-refractivity contribution in [1.82, 2.24) is 5.32 Å². The second-order valence-electron chi connectivity index (χ2n) is 5.59. The first-order valence-electron chi connectivity index (χ1n) is 7.07. The van der Waals surface area contributed by atoms with Crippen LogP contribution in [0, 0.1) is 5.92 Å². The Bertz CT molecular complexity index is 297. The fourth-order valence-corrected chi connectivity index (χ4v) is 3.73. The minimum absolute atomic E-state index is 0.554. The molecule has 0 aromatic carbocycles. The van der Waals surface area contributed by atoms with Gasteiger partial charge in [-0.2, -0.15) is 0 Å². The Morgan fingerprint density at radius 2 is 1.88 bits per heavy atom. The second-order valence-corrected chi connectivity index (χ2v) is 6.57. The van der Waals surface area contributed by atoms with Gasteiger partial charge in [-0.3, -0.25) is 0 Å². The molecule has 0 spiro atoms. The van der Waals surface area contributed by atoms with Crippen molar-refractivity contribution >= 4 is 11.3 Å². The van der Waals surface area contributed by atoms with Crippen LogP contribution in [0.3, 0.4) is 0 Å². The molecule has 2 heteroatoms. The summed E-state index contributed by atoms with van der Waals surface area (Å²) < 4.78 is 0. The van der Waals surface area contributed by atoms with Crippen molar-refractivity contribution in [1.29, 1.82) is 0 Å². The highest BCUT2D eigenvalue weighted by atomic mass is 32.1. The van der Waals surface area contributed by atoms with Gasteiger partial charge in [0.05, 0.1) is 0 Å². The maximum Gasteiger partial charge on any atom is 0.0440 e. The maximum atomic E-state index is 3.91. The molecule has 0 radical (unpaired) electrons. The van der Waals surface area contributed by atoms with Gasteiger partial charge < -0.3 is 5.32 Å². The molecule has 0 saturated heterocycles. The Morgan fingerprint density at radius 1 is 1.18 bits per heavy atom. The summed E-state index contributed by atoms with van der Waals surface area (Å²) in [5.41, 5.74) is 0. The summed E-state index contributed by atoms with van der Waals surface area (Å²) in [6, 6.07) is 5.74. The van der Waals surface area contributed by atoms with Crippen LogP contribution in [0.5, 0.6) is 0 Å². The largest absolute Gasteiger partial charge is 0.306 e. The zero-order valence-corrected chi connectivity index (χ0v) is 11.9. The van der Waals surface area contributed by atoms with E-state index in [0.29, 0.717) is 12.0 Å². The van der Waals surface area contributed by atoms with Crippen LogP contribution in [-0.2, 0) is 0 Å². The van der Waals surface area contributed by atoms with Gasteiger partial charge in [-0.05, 0) is 30.2 Å². The molecule has 1 aromatic heterocycles. The molecule has 1 nitrogen and oxygen atoms in total. The third-order valence-corrected chi connectivity index (χ3v) is 4.74. The monoisotopic (exact) mass is 251 g/mol. The lowest BCUT2D eigenvalue weighted by Crippen LogP contribution is -2.34. The number of rotatable bonds is 4. The Balaban J connectivity index is 1.97. The van der Waals surface area contributed by atoms with Crippen LogP contribution in [-0.4, -0.2) is 6.04 Å². The molecule has 0 aliphatic heterocycles. The minimum Gasteiger partial charge on any atom is -0.306 e. The quantitative estimate of drug-likeness (QED) is 0.761. The molecule has 1 fully saturated rings. The summed E-state index contributed by atoms with van der Waals surface area (Å²) in [6.45, 7) is 4.65. The fourth-order valence-electron chi connectivity index (χ4n) is 2.77. The molecule has 1 heterocycles. The molecule has 1 saturated carbocycles. The molecule has 1 N–H and O–H groups in total. The molecule has 17 heavy (non-hydrogen) atoms. The van der Waals surface area contributed by atoms with Gasteiger partial charge in [0.1, 0.15) is 0 Å². The normalized spacial score (nSPS) is 20.4. The summed E-state index contributed by atoms with van der Waals surface area (Å²) in [6.07, 6.45) is 8.43. The molecular weight excluding hydrogens is 226 g/mol. The first-order chi connectivity index (χ1) is 8.27. The van der Waals surface area contributed by atoms with Crippen LogP contribution in [0.25, 0.3) is 0 Å². The first-order valence-corrected chi connectivity index (χ1v) is 7.95. The van der Waals surface area contributed by atoms with E-state index in [0.717, 1.165) is 6.04 Å². The predicted molar refractivity (Wildman–Crippen MR) is 76.5 cm³/mol. The molecule has 1 unspecified atom stereocenters. The number of thiophene rings is 1. The van der Waals surface area contributed by atoms with Gasteiger partial charge in [0, 0.05) is 17.0 Å². The molecule has 1 aromatic rings. The summed E-state index contributed by atoms with van der Waals surface area (Å²) in [7, 11) is 0. The highest BCUT2D eigenvalue weighted by Gasteiger charge is 2.21. The topological polar surface area (TPSA) is 12.0 Å². The Labute approximate surface area is 110 Å². The number of nitrogens with one attached hydrogen (secondary N) is 1. The number of hydrogen-bond donors (Lipinski definition) is 1. The summed E-state index contributed by atoms with van der Waals surface area (Å²) >= 11 is 1.89. The van der Waals surface area contributed by atoms with Crippen LogP contribution in [0.15, 0.2) is 17.5 Å². The molecule has 96 valence electrons. The Kier molecular flexibility index (Phi) is 5.05. The fraction of sp³-hybridized carbons (Fsp3) is 0.733. The highest BCUT2D eigenvalue weighted by molar-refractivity contribution is 7.10. The van der Waals surface area contributed by atoms with Crippen LogP contribution < -0.4 is 5.32 Å². The van der Waals surface area contributed by atoms with E-state index in [1.807, 2.05) is 11.3 Å². The standard InChI is InChI=1S/C15H25NS/c1-12(2)15(14-10-7-11-17-14)16-13-8-5-3-4-6-9-13/h7,10-13,15-16H,3-6,8-9H2,1-2H3. The minimum atomic E-state index is 0.554. The molecule has 0 bridgehead atoms. The smallest absolute Gasteiger partial charge is 0.0440 e. The molecule has 0 amide bonds. The van der Waals surface area contributed by atoms with Gasteiger partial charge in [-0.25, -0.2) is 0 Å². The van der Waals surface area contributed by atoms with Crippen molar-refractivity contribution in [2.45, 2.75) is 64.5 Å². The molecule has 1 aliphatic carbocycles. The van der Waals surface area contributed by atoms with Gasteiger partial charge in [0.15, 0.2) is 0 Å². The van der Waals surface area contributed by atoms with Crippen molar-refractivity contribution in [3.63, 3.8) is 0 Å². The highest BCUT2D eigenvalue weighted by Crippen LogP contribution is 2.28. The van der Waals surface area contributed by atoms with E-state index >= 15 is 0 Å². The van der Waals surface area contributed by atoms with Crippen LogP contribution >= 0.6 is 11.3 Å². The van der Waals surface area contributed by atoms with Crippen LogP contribution in [0.2, 0.25) is 0 Å². The van der Waals surface area contributed by atoms with Crippen molar-refractivity contribution < 1.29 is 0 Å².